The molecule has 2 nitrogen and oxygen atoms in total. The Morgan fingerprint density at radius 3 is 2.67 bits per heavy atom. The molecule has 1 aliphatic heterocycles. The van der Waals surface area contributed by atoms with E-state index in [0.29, 0.717) is 34.8 Å². The SMILES string of the molecule is Clc1ccc2c(c1Cl)OCCO2. The van der Waals surface area contributed by atoms with Gasteiger partial charge in [-0.2, -0.15) is 0 Å². The van der Waals surface area contributed by atoms with Gasteiger partial charge < -0.3 is 9.47 Å². The third-order valence-corrected chi connectivity index (χ3v) is 2.39. The van der Waals surface area contributed by atoms with Crippen molar-refractivity contribution < 1.29 is 9.47 Å². The van der Waals surface area contributed by atoms with E-state index in [9.17, 15) is 0 Å². The number of hydrogen-bond acceptors (Lipinski definition) is 2. The Kier molecular flexibility index (Phi) is 2.03. The van der Waals surface area contributed by atoms with Gasteiger partial charge in [-0.05, 0) is 12.1 Å². The topological polar surface area (TPSA) is 18.5 Å². The molecule has 1 aromatic rings. The van der Waals surface area contributed by atoms with Crippen LogP contribution in [0.1, 0.15) is 0 Å². The molecule has 0 spiro atoms. The minimum atomic E-state index is 0.425. The summed E-state index contributed by atoms with van der Waals surface area (Å²) in [5, 5.41) is 0.912. The van der Waals surface area contributed by atoms with Crippen LogP contribution in [-0.4, -0.2) is 13.2 Å². The van der Waals surface area contributed by atoms with Crippen LogP contribution in [-0.2, 0) is 0 Å². The number of halogens is 2. The molecule has 4 heteroatoms. The third kappa shape index (κ3) is 1.21. The number of hydrogen-bond donors (Lipinski definition) is 0. The second-order valence-corrected chi connectivity index (χ2v) is 3.17. The number of benzene rings is 1. The van der Waals surface area contributed by atoms with Crippen LogP contribution in [0.4, 0.5) is 0 Å². The molecular weight excluding hydrogens is 199 g/mol. The number of rotatable bonds is 0. The van der Waals surface area contributed by atoms with Gasteiger partial charge in [0.25, 0.3) is 0 Å². The van der Waals surface area contributed by atoms with Crippen molar-refractivity contribution in [1.29, 1.82) is 0 Å². The van der Waals surface area contributed by atoms with Gasteiger partial charge in [0.2, 0.25) is 0 Å². The van der Waals surface area contributed by atoms with E-state index in [1.165, 1.54) is 0 Å². The lowest BCUT2D eigenvalue weighted by molar-refractivity contribution is 0.171. The zero-order valence-corrected chi connectivity index (χ0v) is 7.65. The van der Waals surface area contributed by atoms with Crippen LogP contribution in [0.25, 0.3) is 0 Å². The highest BCUT2D eigenvalue weighted by Gasteiger charge is 2.16. The summed E-state index contributed by atoms with van der Waals surface area (Å²) >= 11 is 11.7. The fourth-order valence-corrected chi connectivity index (χ4v) is 1.42. The first kappa shape index (κ1) is 8.02. The molecular formula is C8H6Cl2O2. The summed E-state index contributed by atoms with van der Waals surface area (Å²) in [7, 11) is 0. The molecule has 0 unspecified atom stereocenters. The Morgan fingerprint density at radius 2 is 1.83 bits per heavy atom. The van der Waals surface area contributed by atoms with Crippen molar-refractivity contribution in [2.75, 3.05) is 13.2 Å². The molecule has 0 atom stereocenters. The van der Waals surface area contributed by atoms with Gasteiger partial charge in [0.15, 0.2) is 11.5 Å². The molecule has 0 aromatic heterocycles. The Balaban J connectivity index is 2.54. The summed E-state index contributed by atoms with van der Waals surface area (Å²) in [5.41, 5.74) is 0. The van der Waals surface area contributed by atoms with E-state index >= 15 is 0 Å². The van der Waals surface area contributed by atoms with Gasteiger partial charge in [-0.15, -0.1) is 0 Å². The van der Waals surface area contributed by atoms with E-state index < -0.39 is 0 Å². The van der Waals surface area contributed by atoms with Crippen LogP contribution >= 0.6 is 23.2 Å². The second-order valence-electron chi connectivity index (χ2n) is 2.39. The molecule has 0 aliphatic carbocycles. The monoisotopic (exact) mass is 204 g/mol. The maximum Gasteiger partial charge on any atom is 0.181 e. The lowest BCUT2D eigenvalue weighted by Crippen LogP contribution is -2.15. The summed E-state index contributed by atoms with van der Waals surface area (Å²) in [6.07, 6.45) is 0. The summed E-state index contributed by atoms with van der Waals surface area (Å²) < 4.78 is 10.6. The molecule has 0 fully saturated rings. The summed E-state index contributed by atoms with van der Waals surface area (Å²) in [5.74, 6) is 1.21. The van der Waals surface area contributed by atoms with E-state index in [1.54, 1.807) is 12.1 Å². The van der Waals surface area contributed by atoms with E-state index in [4.69, 9.17) is 32.7 Å². The first-order valence-corrected chi connectivity index (χ1v) is 4.28. The van der Waals surface area contributed by atoms with Crippen molar-refractivity contribution in [3.8, 4) is 11.5 Å². The van der Waals surface area contributed by atoms with E-state index in [1.807, 2.05) is 0 Å². The van der Waals surface area contributed by atoms with Gasteiger partial charge in [-0.1, -0.05) is 23.2 Å². The van der Waals surface area contributed by atoms with Crippen molar-refractivity contribution in [1.82, 2.24) is 0 Å². The quantitative estimate of drug-likeness (QED) is 0.648. The Labute approximate surface area is 80.0 Å². The fraction of sp³-hybridized carbons (Fsp3) is 0.250. The first-order chi connectivity index (χ1) is 5.79. The van der Waals surface area contributed by atoms with Crippen molar-refractivity contribution in [3.05, 3.63) is 22.2 Å². The molecule has 1 aliphatic rings. The van der Waals surface area contributed by atoms with Crippen molar-refractivity contribution >= 4 is 23.2 Å². The van der Waals surface area contributed by atoms with Gasteiger partial charge in [0.1, 0.15) is 18.2 Å². The molecule has 12 heavy (non-hydrogen) atoms. The predicted octanol–water partition coefficient (Wildman–Crippen LogP) is 2.76. The Hall–Kier alpha value is -0.600. The highest BCUT2D eigenvalue weighted by atomic mass is 35.5. The molecule has 1 aromatic carbocycles. The molecule has 0 saturated heterocycles. The largest absolute Gasteiger partial charge is 0.486 e. The molecule has 0 radical (unpaired) electrons. The summed E-state index contributed by atoms with van der Waals surface area (Å²) in [6.45, 7) is 1.08. The minimum absolute atomic E-state index is 0.425. The standard InChI is InChI=1S/C8H6Cl2O2/c9-5-1-2-6-8(7(5)10)12-4-3-11-6/h1-2H,3-4H2. The van der Waals surface area contributed by atoms with Crippen LogP contribution < -0.4 is 9.47 Å². The fourth-order valence-electron chi connectivity index (χ4n) is 1.06. The van der Waals surface area contributed by atoms with Gasteiger partial charge in [0.05, 0.1) is 5.02 Å². The normalized spacial score (nSPS) is 14.5. The lowest BCUT2D eigenvalue weighted by atomic mass is 10.3. The average molecular weight is 205 g/mol. The van der Waals surface area contributed by atoms with Crippen LogP contribution in [0, 0.1) is 0 Å². The maximum absolute atomic E-state index is 5.87. The smallest absolute Gasteiger partial charge is 0.181 e. The van der Waals surface area contributed by atoms with Crippen molar-refractivity contribution in [2.45, 2.75) is 0 Å². The highest BCUT2D eigenvalue weighted by Crippen LogP contribution is 2.41. The number of ether oxygens (including phenoxy) is 2. The van der Waals surface area contributed by atoms with Crippen molar-refractivity contribution in [3.63, 3.8) is 0 Å². The third-order valence-electron chi connectivity index (χ3n) is 1.60. The zero-order valence-electron chi connectivity index (χ0n) is 6.14. The molecule has 64 valence electrons. The van der Waals surface area contributed by atoms with Gasteiger partial charge in [-0.3, -0.25) is 0 Å². The van der Waals surface area contributed by atoms with Crippen molar-refractivity contribution in [2.24, 2.45) is 0 Å². The van der Waals surface area contributed by atoms with E-state index in [2.05, 4.69) is 0 Å². The predicted molar refractivity (Wildman–Crippen MR) is 47.5 cm³/mol. The van der Waals surface area contributed by atoms with E-state index in [0.717, 1.165) is 0 Å². The highest BCUT2D eigenvalue weighted by molar-refractivity contribution is 6.43. The Bertz CT molecular complexity index is 312. The molecule has 0 saturated carbocycles. The molecule has 1 heterocycles. The first-order valence-electron chi connectivity index (χ1n) is 3.52. The van der Waals surface area contributed by atoms with Crippen LogP contribution in [0.2, 0.25) is 10.0 Å². The number of fused-ring (bicyclic) bond motifs is 1. The van der Waals surface area contributed by atoms with Crippen LogP contribution in [0.3, 0.4) is 0 Å². The second kappa shape index (κ2) is 3.04. The molecule has 0 bridgehead atoms. The minimum Gasteiger partial charge on any atom is -0.486 e. The van der Waals surface area contributed by atoms with E-state index in [-0.39, 0.29) is 0 Å². The molecule has 0 amide bonds. The van der Waals surface area contributed by atoms with Crippen LogP contribution in [0.5, 0.6) is 11.5 Å². The molecule has 2 rings (SSSR count). The maximum atomic E-state index is 5.87. The van der Waals surface area contributed by atoms with Crippen LogP contribution in [0.15, 0.2) is 12.1 Å². The van der Waals surface area contributed by atoms with Gasteiger partial charge >= 0.3 is 0 Å². The molecule has 0 N–H and O–H groups in total. The van der Waals surface area contributed by atoms with Gasteiger partial charge in [0, 0.05) is 0 Å². The lowest BCUT2D eigenvalue weighted by Gasteiger charge is -2.19. The summed E-state index contributed by atoms with van der Waals surface area (Å²) in [6, 6.07) is 3.44. The van der Waals surface area contributed by atoms with Gasteiger partial charge in [-0.25, -0.2) is 0 Å². The zero-order chi connectivity index (χ0) is 8.55. The Morgan fingerprint density at radius 1 is 1.08 bits per heavy atom. The summed E-state index contributed by atoms with van der Waals surface area (Å²) in [4.78, 5) is 0. The average Bonchev–Trinajstić information content (AvgIpc) is 2.12.